The third-order valence-corrected chi connectivity index (χ3v) is 5.95. The molecular formula is C19H14ClN3O2S2. The zero-order valence-electron chi connectivity index (χ0n) is 14.1. The standard InChI is InChI=1S/C19H14ClN3O2S2/c1-2-7-23-18(24)16-15(6-8-26-16)22-19(23)27-11-14-10-25-17(21-14)12-4-3-5-13(20)9-12/h2-6,8-10H,1,7,11H2. The van der Waals surface area contributed by atoms with E-state index in [1.165, 1.54) is 23.1 Å². The number of hydrogen-bond donors (Lipinski definition) is 0. The van der Waals surface area contributed by atoms with E-state index in [1.807, 2.05) is 23.6 Å². The van der Waals surface area contributed by atoms with Crippen LogP contribution in [0, 0.1) is 0 Å². The molecule has 0 atom stereocenters. The van der Waals surface area contributed by atoms with E-state index >= 15 is 0 Å². The average Bonchev–Trinajstić information content (AvgIpc) is 3.32. The summed E-state index contributed by atoms with van der Waals surface area (Å²) in [4.78, 5) is 21.8. The Labute approximate surface area is 168 Å². The number of thiophene rings is 1. The second-order valence-corrected chi connectivity index (χ2v) is 7.97. The highest BCUT2D eigenvalue weighted by molar-refractivity contribution is 7.98. The van der Waals surface area contributed by atoms with E-state index in [9.17, 15) is 4.79 Å². The number of fused-ring (bicyclic) bond motifs is 1. The second kappa shape index (κ2) is 7.72. The molecule has 0 saturated heterocycles. The van der Waals surface area contributed by atoms with Crippen molar-refractivity contribution >= 4 is 44.9 Å². The van der Waals surface area contributed by atoms with Crippen LogP contribution in [0.4, 0.5) is 0 Å². The summed E-state index contributed by atoms with van der Waals surface area (Å²) in [5.74, 6) is 1.04. The van der Waals surface area contributed by atoms with Crippen LogP contribution in [0.15, 0.2) is 69.0 Å². The van der Waals surface area contributed by atoms with Crippen molar-refractivity contribution in [3.63, 3.8) is 0 Å². The molecule has 136 valence electrons. The van der Waals surface area contributed by atoms with Gasteiger partial charge in [-0.05, 0) is 29.6 Å². The fourth-order valence-electron chi connectivity index (χ4n) is 2.59. The lowest BCUT2D eigenvalue weighted by Gasteiger charge is -2.09. The summed E-state index contributed by atoms with van der Waals surface area (Å²) in [6, 6.07) is 9.21. The minimum atomic E-state index is -0.0443. The van der Waals surface area contributed by atoms with E-state index < -0.39 is 0 Å². The van der Waals surface area contributed by atoms with Crippen molar-refractivity contribution in [2.45, 2.75) is 17.5 Å². The summed E-state index contributed by atoms with van der Waals surface area (Å²) in [7, 11) is 0. The Balaban J connectivity index is 1.59. The SMILES string of the molecule is C=CCn1c(SCc2coc(-c3cccc(Cl)c3)n2)nc2ccsc2c1=O. The van der Waals surface area contributed by atoms with E-state index in [0.717, 1.165) is 11.3 Å². The predicted molar refractivity (Wildman–Crippen MR) is 111 cm³/mol. The Morgan fingerprint density at radius 3 is 3.04 bits per heavy atom. The predicted octanol–water partition coefficient (Wildman–Crippen LogP) is 5.24. The third kappa shape index (κ3) is 3.71. The van der Waals surface area contributed by atoms with E-state index in [2.05, 4.69) is 16.5 Å². The van der Waals surface area contributed by atoms with Crippen molar-refractivity contribution in [2.24, 2.45) is 0 Å². The van der Waals surface area contributed by atoms with Gasteiger partial charge in [0.15, 0.2) is 5.16 Å². The number of oxazole rings is 1. The molecule has 27 heavy (non-hydrogen) atoms. The van der Waals surface area contributed by atoms with Gasteiger partial charge in [-0.25, -0.2) is 9.97 Å². The summed E-state index contributed by atoms with van der Waals surface area (Å²) in [6.07, 6.45) is 3.31. The fourth-order valence-corrected chi connectivity index (χ4v) is 4.44. The zero-order valence-corrected chi connectivity index (χ0v) is 16.5. The van der Waals surface area contributed by atoms with Gasteiger partial charge in [-0.15, -0.1) is 17.9 Å². The Morgan fingerprint density at radius 2 is 2.22 bits per heavy atom. The molecule has 3 heterocycles. The van der Waals surface area contributed by atoms with Crippen LogP contribution in [-0.4, -0.2) is 14.5 Å². The Bertz CT molecular complexity index is 1180. The first-order valence-electron chi connectivity index (χ1n) is 8.08. The molecule has 8 heteroatoms. The monoisotopic (exact) mass is 415 g/mol. The van der Waals surface area contributed by atoms with Gasteiger partial charge in [-0.2, -0.15) is 0 Å². The number of benzene rings is 1. The maximum atomic E-state index is 12.7. The summed E-state index contributed by atoms with van der Waals surface area (Å²) in [6.45, 7) is 4.15. The zero-order chi connectivity index (χ0) is 18.8. The number of allylic oxidation sites excluding steroid dienone is 1. The maximum absolute atomic E-state index is 12.7. The van der Waals surface area contributed by atoms with Gasteiger partial charge in [0.1, 0.15) is 11.0 Å². The van der Waals surface area contributed by atoms with Crippen LogP contribution in [0.2, 0.25) is 5.02 Å². The van der Waals surface area contributed by atoms with Crippen molar-refractivity contribution < 1.29 is 4.42 Å². The lowest BCUT2D eigenvalue weighted by Crippen LogP contribution is -2.21. The molecule has 0 N–H and O–H groups in total. The second-order valence-electron chi connectivity index (χ2n) is 5.68. The number of halogens is 1. The van der Waals surface area contributed by atoms with Gasteiger partial charge >= 0.3 is 0 Å². The van der Waals surface area contributed by atoms with Crippen molar-refractivity contribution in [1.82, 2.24) is 14.5 Å². The molecule has 0 fully saturated rings. The van der Waals surface area contributed by atoms with Gasteiger partial charge in [0.2, 0.25) is 5.89 Å². The number of hydrogen-bond acceptors (Lipinski definition) is 6. The molecule has 0 radical (unpaired) electrons. The van der Waals surface area contributed by atoms with Crippen LogP contribution in [0.3, 0.4) is 0 Å². The highest BCUT2D eigenvalue weighted by Gasteiger charge is 2.13. The fraction of sp³-hybridized carbons (Fsp3) is 0.105. The summed E-state index contributed by atoms with van der Waals surface area (Å²) in [5, 5.41) is 3.14. The molecular weight excluding hydrogens is 402 g/mol. The molecule has 0 spiro atoms. The number of rotatable bonds is 6. The molecule has 0 unspecified atom stereocenters. The number of aromatic nitrogens is 3. The molecule has 0 aliphatic heterocycles. The van der Waals surface area contributed by atoms with Crippen LogP contribution in [-0.2, 0) is 12.3 Å². The number of thioether (sulfide) groups is 1. The van der Waals surface area contributed by atoms with Gasteiger partial charge in [0.05, 0.1) is 11.2 Å². The maximum Gasteiger partial charge on any atom is 0.272 e. The van der Waals surface area contributed by atoms with Crippen molar-refractivity contribution in [2.75, 3.05) is 0 Å². The first kappa shape index (κ1) is 18.0. The van der Waals surface area contributed by atoms with Gasteiger partial charge < -0.3 is 4.42 Å². The summed E-state index contributed by atoms with van der Waals surface area (Å²) >= 11 is 8.87. The van der Waals surface area contributed by atoms with Gasteiger partial charge in [0, 0.05) is 22.9 Å². The van der Waals surface area contributed by atoms with Gasteiger partial charge in [0.25, 0.3) is 5.56 Å². The molecule has 1 aromatic carbocycles. The molecule has 0 saturated carbocycles. The topological polar surface area (TPSA) is 60.9 Å². The molecule has 0 aliphatic rings. The molecule has 3 aromatic heterocycles. The lowest BCUT2D eigenvalue weighted by molar-refractivity contribution is 0.573. The highest BCUT2D eigenvalue weighted by Crippen LogP contribution is 2.26. The molecule has 0 aliphatic carbocycles. The molecule has 4 rings (SSSR count). The lowest BCUT2D eigenvalue weighted by atomic mass is 10.2. The molecule has 4 aromatic rings. The first-order chi connectivity index (χ1) is 13.2. The van der Waals surface area contributed by atoms with Gasteiger partial charge in [-0.1, -0.05) is 35.5 Å². The van der Waals surface area contributed by atoms with Crippen LogP contribution in [0.1, 0.15) is 5.69 Å². The molecule has 0 amide bonds. The Kier molecular flexibility index (Phi) is 5.15. The summed E-state index contributed by atoms with van der Waals surface area (Å²) < 4.78 is 7.86. The van der Waals surface area contributed by atoms with Crippen LogP contribution in [0.25, 0.3) is 21.7 Å². The highest BCUT2D eigenvalue weighted by atomic mass is 35.5. The average molecular weight is 416 g/mol. The Morgan fingerprint density at radius 1 is 1.33 bits per heavy atom. The van der Waals surface area contributed by atoms with Gasteiger partial charge in [-0.3, -0.25) is 9.36 Å². The molecule has 0 bridgehead atoms. The van der Waals surface area contributed by atoms with Crippen LogP contribution >= 0.6 is 34.7 Å². The Hall–Kier alpha value is -2.35. The first-order valence-corrected chi connectivity index (χ1v) is 10.3. The normalized spacial score (nSPS) is 11.1. The van der Waals surface area contributed by atoms with Crippen LogP contribution in [0.5, 0.6) is 0 Å². The smallest absolute Gasteiger partial charge is 0.272 e. The third-order valence-electron chi connectivity index (χ3n) is 3.81. The number of nitrogens with zero attached hydrogens (tertiary/aromatic N) is 3. The van der Waals surface area contributed by atoms with Crippen molar-refractivity contribution in [3.8, 4) is 11.5 Å². The van der Waals surface area contributed by atoms with E-state index in [4.69, 9.17) is 16.0 Å². The minimum absolute atomic E-state index is 0.0443. The van der Waals surface area contributed by atoms with Crippen LogP contribution < -0.4 is 5.56 Å². The van der Waals surface area contributed by atoms with E-state index in [-0.39, 0.29) is 5.56 Å². The summed E-state index contributed by atoms with van der Waals surface area (Å²) in [5.41, 5.74) is 2.25. The minimum Gasteiger partial charge on any atom is -0.444 e. The van der Waals surface area contributed by atoms with E-state index in [0.29, 0.717) is 38.6 Å². The van der Waals surface area contributed by atoms with E-state index in [1.54, 1.807) is 29.0 Å². The van der Waals surface area contributed by atoms with Crippen molar-refractivity contribution in [3.05, 3.63) is 75.7 Å². The molecule has 5 nitrogen and oxygen atoms in total. The largest absolute Gasteiger partial charge is 0.444 e. The van der Waals surface area contributed by atoms with Crippen molar-refractivity contribution in [1.29, 1.82) is 0 Å². The quantitative estimate of drug-likeness (QED) is 0.244.